The third kappa shape index (κ3) is 3.70. The van der Waals surface area contributed by atoms with Crippen LogP contribution in [0.4, 0.5) is 0 Å². The Labute approximate surface area is 98.3 Å². The third-order valence-corrected chi connectivity index (χ3v) is 2.17. The van der Waals surface area contributed by atoms with Crippen LogP contribution in [0.5, 0.6) is 5.75 Å². The molecule has 1 rings (SSSR count). The molecule has 1 aromatic carbocycles. The highest BCUT2D eigenvalue weighted by molar-refractivity contribution is 5.79. The van der Waals surface area contributed by atoms with Gasteiger partial charge in [-0.25, -0.2) is 0 Å². The average molecular weight is 241 g/mol. The third-order valence-electron chi connectivity index (χ3n) is 2.17. The number of ether oxygens (including phenoxy) is 1. The summed E-state index contributed by atoms with van der Waals surface area (Å²) in [6, 6.07) is 6.12. The molecule has 0 aliphatic rings. The minimum Gasteiger partial charge on any atom is -0.491 e. The number of hydrogen-bond donors (Lipinski definition) is 4. The Bertz CT molecular complexity index is 365. The highest BCUT2D eigenvalue weighted by Gasteiger charge is 2.23. The normalized spacial score (nSPS) is 14.1. The van der Waals surface area contributed by atoms with Crippen molar-refractivity contribution in [3.8, 4) is 5.75 Å². The van der Waals surface area contributed by atoms with E-state index < -0.39 is 18.1 Å². The lowest BCUT2D eigenvalue weighted by Gasteiger charge is -2.15. The summed E-state index contributed by atoms with van der Waals surface area (Å²) >= 11 is 0. The van der Waals surface area contributed by atoms with Gasteiger partial charge >= 0.3 is 0 Å². The topological polar surface area (TPSA) is 113 Å². The van der Waals surface area contributed by atoms with Crippen LogP contribution in [0.2, 0.25) is 0 Å². The maximum Gasteiger partial charge on any atom is 0.249 e. The fourth-order valence-corrected chi connectivity index (χ4v) is 1.26. The monoisotopic (exact) mass is 241 g/mol. The van der Waals surface area contributed by atoms with Gasteiger partial charge in [-0.05, 0) is 17.7 Å². The van der Waals surface area contributed by atoms with E-state index in [2.05, 4.69) is 0 Å². The molecule has 17 heavy (non-hydrogen) atoms. The van der Waals surface area contributed by atoms with Gasteiger partial charge in [0.15, 0.2) is 6.10 Å². The van der Waals surface area contributed by atoms with Crippen molar-refractivity contribution in [1.82, 2.24) is 0 Å². The first-order chi connectivity index (χ1) is 8.06. The predicted molar refractivity (Wildman–Crippen MR) is 59.2 cm³/mol. The van der Waals surface area contributed by atoms with Gasteiger partial charge in [0, 0.05) is 0 Å². The van der Waals surface area contributed by atoms with Crippen LogP contribution in [0.1, 0.15) is 11.7 Å². The van der Waals surface area contributed by atoms with Crippen LogP contribution in [-0.2, 0) is 4.79 Å². The Hall–Kier alpha value is -1.63. The van der Waals surface area contributed by atoms with Gasteiger partial charge in [-0.3, -0.25) is 4.79 Å². The van der Waals surface area contributed by atoms with Crippen molar-refractivity contribution in [3.05, 3.63) is 29.8 Å². The summed E-state index contributed by atoms with van der Waals surface area (Å²) in [5.74, 6) is -0.471. The number of benzene rings is 1. The summed E-state index contributed by atoms with van der Waals surface area (Å²) < 4.78 is 5.11. The zero-order valence-electron chi connectivity index (χ0n) is 9.11. The summed E-state index contributed by atoms with van der Waals surface area (Å²) in [5.41, 5.74) is 5.22. The molecule has 0 saturated carbocycles. The number of aliphatic hydroxyl groups is 3. The van der Waals surface area contributed by atoms with E-state index in [0.29, 0.717) is 11.3 Å². The van der Waals surface area contributed by atoms with Crippen molar-refractivity contribution in [2.45, 2.75) is 12.2 Å². The second-order valence-electron chi connectivity index (χ2n) is 3.43. The Balaban J connectivity index is 2.69. The van der Waals surface area contributed by atoms with Gasteiger partial charge in [0.25, 0.3) is 0 Å². The number of amides is 1. The van der Waals surface area contributed by atoms with E-state index in [1.54, 1.807) is 12.1 Å². The quantitative estimate of drug-likeness (QED) is 0.507. The Morgan fingerprint density at radius 2 is 1.88 bits per heavy atom. The molecule has 0 heterocycles. The maximum absolute atomic E-state index is 10.7. The van der Waals surface area contributed by atoms with Crippen LogP contribution < -0.4 is 10.5 Å². The SMILES string of the molecule is NC(=O)C(O)C(O)c1ccc(OCCO)cc1. The second kappa shape index (κ2) is 6.19. The molecule has 6 nitrogen and oxygen atoms in total. The molecule has 0 aliphatic heterocycles. The summed E-state index contributed by atoms with van der Waals surface area (Å²) in [4.78, 5) is 10.7. The lowest BCUT2D eigenvalue weighted by Crippen LogP contribution is -2.33. The molecule has 2 atom stereocenters. The van der Waals surface area contributed by atoms with Crippen molar-refractivity contribution < 1.29 is 24.9 Å². The molecule has 0 spiro atoms. The van der Waals surface area contributed by atoms with Gasteiger partial charge in [0.2, 0.25) is 5.91 Å². The number of carbonyl (C=O) groups is 1. The first-order valence-electron chi connectivity index (χ1n) is 5.05. The predicted octanol–water partition coefficient (Wildman–Crippen LogP) is -1.06. The van der Waals surface area contributed by atoms with Crippen molar-refractivity contribution in [1.29, 1.82) is 0 Å². The summed E-state index contributed by atoms with van der Waals surface area (Å²) in [6.07, 6.45) is -3.00. The second-order valence-corrected chi connectivity index (χ2v) is 3.43. The minimum absolute atomic E-state index is 0.0925. The van der Waals surface area contributed by atoms with Crippen LogP contribution in [0, 0.1) is 0 Å². The van der Waals surface area contributed by atoms with E-state index in [9.17, 15) is 15.0 Å². The highest BCUT2D eigenvalue weighted by atomic mass is 16.5. The average Bonchev–Trinajstić information content (AvgIpc) is 2.35. The largest absolute Gasteiger partial charge is 0.491 e. The number of primary amides is 1. The van der Waals surface area contributed by atoms with E-state index in [-0.39, 0.29) is 13.2 Å². The smallest absolute Gasteiger partial charge is 0.249 e. The molecule has 1 amide bonds. The number of hydrogen-bond acceptors (Lipinski definition) is 5. The van der Waals surface area contributed by atoms with Gasteiger partial charge in [-0.15, -0.1) is 0 Å². The molecule has 0 saturated heterocycles. The van der Waals surface area contributed by atoms with Crippen LogP contribution >= 0.6 is 0 Å². The summed E-state index contributed by atoms with van der Waals surface area (Å²) in [5, 5.41) is 27.4. The lowest BCUT2D eigenvalue weighted by molar-refractivity contribution is -0.131. The number of aliphatic hydroxyl groups excluding tert-OH is 3. The molecule has 0 aliphatic carbocycles. The zero-order valence-corrected chi connectivity index (χ0v) is 9.11. The molecule has 6 heteroatoms. The molecular weight excluding hydrogens is 226 g/mol. The van der Waals surface area contributed by atoms with Crippen LogP contribution in [0.3, 0.4) is 0 Å². The number of carbonyl (C=O) groups excluding carboxylic acids is 1. The van der Waals surface area contributed by atoms with Crippen molar-refractivity contribution in [3.63, 3.8) is 0 Å². The van der Waals surface area contributed by atoms with Crippen molar-refractivity contribution in [2.75, 3.05) is 13.2 Å². The molecule has 94 valence electrons. The molecule has 5 N–H and O–H groups in total. The maximum atomic E-state index is 10.7. The van der Waals surface area contributed by atoms with E-state index >= 15 is 0 Å². The molecule has 0 fully saturated rings. The highest BCUT2D eigenvalue weighted by Crippen LogP contribution is 2.20. The Morgan fingerprint density at radius 3 is 2.35 bits per heavy atom. The molecule has 1 aromatic rings. The number of rotatable bonds is 6. The molecule has 0 aromatic heterocycles. The standard InChI is InChI=1S/C11H15NO5/c12-11(16)10(15)9(14)7-1-3-8(4-2-7)17-6-5-13/h1-4,9-10,13-15H,5-6H2,(H2,12,16). The van der Waals surface area contributed by atoms with E-state index in [4.69, 9.17) is 15.6 Å². The van der Waals surface area contributed by atoms with Crippen LogP contribution in [-0.4, -0.2) is 40.5 Å². The Morgan fingerprint density at radius 1 is 1.29 bits per heavy atom. The zero-order chi connectivity index (χ0) is 12.8. The van der Waals surface area contributed by atoms with Gasteiger partial charge in [-0.2, -0.15) is 0 Å². The number of nitrogens with two attached hydrogens (primary N) is 1. The van der Waals surface area contributed by atoms with Gasteiger partial charge in [0.1, 0.15) is 18.5 Å². The minimum atomic E-state index is -1.64. The molecule has 2 unspecified atom stereocenters. The molecule has 0 bridgehead atoms. The van der Waals surface area contributed by atoms with E-state index in [0.717, 1.165) is 0 Å². The van der Waals surface area contributed by atoms with Crippen LogP contribution in [0.15, 0.2) is 24.3 Å². The van der Waals surface area contributed by atoms with Crippen molar-refractivity contribution >= 4 is 5.91 Å². The van der Waals surface area contributed by atoms with E-state index in [1.807, 2.05) is 0 Å². The van der Waals surface area contributed by atoms with Crippen LogP contribution in [0.25, 0.3) is 0 Å². The van der Waals surface area contributed by atoms with Crippen molar-refractivity contribution in [2.24, 2.45) is 5.73 Å². The summed E-state index contributed by atoms with van der Waals surface area (Å²) in [6.45, 7) is 0.0799. The first-order valence-corrected chi connectivity index (χ1v) is 5.05. The van der Waals surface area contributed by atoms with Gasteiger partial charge < -0.3 is 25.8 Å². The van der Waals surface area contributed by atoms with Gasteiger partial charge in [-0.1, -0.05) is 12.1 Å². The fraction of sp³-hybridized carbons (Fsp3) is 0.364. The fourth-order valence-electron chi connectivity index (χ4n) is 1.26. The van der Waals surface area contributed by atoms with E-state index in [1.165, 1.54) is 12.1 Å². The Kier molecular flexibility index (Phi) is 4.89. The molecular formula is C11H15NO5. The first kappa shape index (κ1) is 13.4. The van der Waals surface area contributed by atoms with Gasteiger partial charge in [0.05, 0.1) is 6.61 Å². The summed E-state index contributed by atoms with van der Waals surface area (Å²) in [7, 11) is 0. The molecule has 0 radical (unpaired) electrons. The lowest BCUT2D eigenvalue weighted by atomic mass is 10.0.